The van der Waals surface area contributed by atoms with Crippen molar-refractivity contribution in [2.45, 2.75) is 32.7 Å². The van der Waals surface area contributed by atoms with E-state index in [9.17, 15) is 9.90 Å². The Morgan fingerprint density at radius 2 is 2.10 bits per heavy atom. The maximum atomic E-state index is 12.2. The Morgan fingerprint density at radius 1 is 1.38 bits per heavy atom. The molecule has 1 amide bonds. The maximum Gasteiger partial charge on any atom is 0.255 e. The predicted molar refractivity (Wildman–Crippen MR) is 87.2 cm³/mol. The molecule has 2 aromatic rings. The fourth-order valence-corrected chi connectivity index (χ4v) is 2.26. The second kappa shape index (κ2) is 6.42. The van der Waals surface area contributed by atoms with E-state index in [2.05, 4.69) is 43.1 Å². The Morgan fingerprint density at radius 3 is 2.71 bits per heavy atom. The van der Waals surface area contributed by atoms with Crippen LogP contribution in [0, 0.1) is 3.57 Å². The lowest BCUT2D eigenvalue weighted by atomic mass is 10.1. The molecule has 1 aromatic heterocycles. The van der Waals surface area contributed by atoms with Crippen molar-refractivity contribution < 1.29 is 9.90 Å². The van der Waals surface area contributed by atoms with E-state index < -0.39 is 0 Å². The van der Waals surface area contributed by atoms with Gasteiger partial charge in [-0.05, 0) is 47.7 Å². The van der Waals surface area contributed by atoms with Gasteiger partial charge in [0.25, 0.3) is 5.91 Å². The average molecular weight is 400 g/mol. The third-order valence-corrected chi connectivity index (χ3v) is 3.67. The molecule has 7 heteroatoms. The van der Waals surface area contributed by atoms with Gasteiger partial charge in [0.05, 0.1) is 11.6 Å². The average Bonchev–Trinajstić information content (AvgIpc) is 2.91. The van der Waals surface area contributed by atoms with Gasteiger partial charge >= 0.3 is 0 Å². The number of H-pyrrole nitrogens is 1. The minimum atomic E-state index is -0.346. The van der Waals surface area contributed by atoms with Crippen molar-refractivity contribution in [2.75, 3.05) is 0 Å². The lowest BCUT2D eigenvalue weighted by Gasteiger charge is -2.12. The number of carbonyl (C=O) groups excluding carboxylic acids is 1. The fraction of sp³-hybridized carbons (Fsp3) is 0.357. The zero-order chi connectivity index (χ0) is 15.6. The molecule has 1 atom stereocenters. The summed E-state index contributed by atoms with van der Waals surface area (Å²) in [5.41, 5.74) is 0.248. The second-order valence-corrected chi connectivity index (χ2v) is 6.34. The first-order chi connectivity index (χ1) is 9.88. The van der Waals surface area contributed by atoms with E-state index in [0.29, 0.717) is 11.6 Å². The van der Waals surface area contributed by atoms with Crippen molar-refractivity contribution in [3.05, 3.63) is 39.0 Å². The van der Waals surface area contributed by atoms with Gasteiger partial charge in [0, 0.05) is 9.49 Å². The van der Waals surface area contributed by atoms with Gasteiger partial charge in [-0.15, -0.1) is 0 Å². The summed E-state index contributed by atoms with van der Waals surface area (Å²) in [6.45, 7) is 5.81. The third-order valence-electron chi connectivity index (χ3n) is 3.00. The van der Waals surface area contributed by atoms with Gasteiger partial charge < -0.3 is 10.4 Å². The lowest BCUT2D eigenvalue weighted by molar-refractivity contribution is 0.0935. The Kier molecular flexibility index (Phi) is 4.81. The van der Waals surface area contributed by atoms with Crippen LogP contribution in [0.25, 0.3) is 0 Å². The summed E-state index contributed by atoms with van der Waals surface area (Å²) in [5.74, 6) is 1.14. The standard InChI is InChI=1S/C14H17IN4O2/c1-7(2)12-17-13(19-18-12)8(3)16-14(21)10-6-9(15)4-5-11(10)20/h4-8,20H,1-3H3,(H,16,21)(H,17,18,19). The highest BCUT2D eigenvalue weighted by molar-refractivity contribution is 14.1. The van der Waals surface area contributed by atoms with E-state index >= 15 is 0 Å². The SMILES string of the molecule is CC(C)c1n[nH]c(C(C)NC(=O)c2cc(I)ccc2O)n1. The molecule has 2 rings (SSSR count). The molecule has 3 N–H and O–H groups in total. The molecular formula is C14H17IN4O2. The lowest BCUT2D eigenvalue weighted by Crippen LogP contribution is -2.27. The van der Waals surface area contributed by atoms with Crippen molar-refractivity contribution in [3.8, 4) is 5.75 Å². The van der Waals surface area contributed by atoms with Crippen LogP contribution in [0.2, 0.25) is 0 Å². The molecule has 6 nitrogen and oxygen atoms in total. The Bertz CT molecular complexity index is 654. The highest BCUT2D eigenvalue weighted by Crippen LogP contribution is 2.20. The molecule has 1 aromatic carbocycles. The number of halogens is 1. The predicted octanol–water partition coefficient (Wildman–Crippen LogP) is 2.73. The molecule has 0 fully saturated rings. The van der Waals surface area contributed by atoms with Crippen molar-refractivity contribution in [1.29, 1.82) is 0 Å². The van der Waals surface area contributed by atoms with Gasteiger partial charge in [0.1, 0.15) is 11.6 Å². The van der Waals surface area contributed by atoms with Gasteiger partial charge in [-0.3, -0.25) is 9.89 Å². The highest BCUT2D eigenvalue weighted by Gasteiger charge is 2.18. The van der Waals surface area contributed by atoms with Crippen LogP contribution in [-0.2, 0) is 0 Å². The van der Waals surface area contributed by atoms with Crippen LogP contribution in [0.1, 0.15) is 54.7 Å². The van der Waals surface area contributed by atoms with Gasteiger partial charge in [0.2, 0.25) is 0 Å². The normalized spacial score (nSPS) is 12.4. The van der Waals surface area contributed by atoms with Crippen LogP contribution in [0.5, 0.6) is 5.75 Å². The highest BCUT2D eigenvalue weighted by atomic mass is 127. The van der Waals surface area contributed by atoms with Crippen LogP contribution in [0.15, 0.2) is 18.2 Å². The first-order valence-electron chi connectivity index (χ1n) is 6.60. The van der Waals surface area contributed by atoms with Crippen molar-refractivity contribution in [3.63, 3.8) is 0 Å². The van der Waals surface area contributed by atoms with Gasteiger partial charge in [0.15, 0.2) is 5.82 Å². The monoisotopic (exact) mass is 400 g/mol. The van der Waals surface area contributed by atoms with Crippen molar-refractivity contribution in [2.24, 2.45) is 0 Å². The summed E-state index contributed by atoms with van der Waals surface area (Å²) < 4.78 is 0.880. The number of amides is 1. The number of hydrogen-bond acceptors (Lipinski definition) is 4. The molecule has 0 aliphatic carbocycles. The summed E-state index contributed by atoms with van der Waals surface area (Å²) in [7, 11) is 0. The summed E-state index contributed by atoms with van der Waals surface area (Å²) in [6, 6.07) is 4.56. The minimum Gasteiger partial charge on any atom is -0.507 e. The number of carbonyl (C=O) groups is 1. The number of hydrogen-bond donors (Lipinski definition) is 3. The Labute approximate surface area is 136 Å². The molecule has 0 aliphatic heterocycles. The molecular weight excluding hydrogens is 383 g/mol. The molecule has 112 valence electrons. The number of nitrogens with zero attached hydrogens (tertiary/aromatic N) is 2. The Hall–Kier alpha value is -1.64. The zero-order valence-electron chi connectivity index (χ0n) is 12.0. The smallest absolute Gasteiger partial charge is 0.255 e. The van der Waals surface area contributed by atoms with Crippen LogP contribution in [-0.4, -0.2) is 26.2 Å². The fourth-order valence-electron chi connectivity index (χ4n) is 1.77. The van der Waals surface area contributed by atoms with Crippen molar-refractivity contribution >= 4 is 28.5 Å². The summed E-state index contributed by atoms with van der Waals surface area (Å²) in [4.78, 5) is 16.6. The van der Waals surface area contributed by atoms with E-state index in [4.69, 9.17) is 0 Å². The number of phenols is 1. The quantitative estimate of drug-likeness (QED) is 0.689. The number of nitrogens with one attached hydrogen (secondary N) is 2. The molecule has 21 heavy (non-hydrogen) atoms. The molecule has 0 radical (unpaired) electrons. The number of aromatic amines is 1. The van der Waals surface area contributed by atoms with Crippen LogP contribution in [0.3, 0.4) is 0 Å². The topological polar surface area (TPSA) is 90.9 Å². The molecule has 0 spiro atoms. The number of aromatic nitrogens is 3. The molecule has 1 unspecified atom stereocenters. The van der Waals surface area contributed by atoms with E-state index in [0.717, 1.165) is 3.57 Å². The third kappa shape index (κ3) is 3.72. The number of benzene rings is 1. The van der Waals surface area contributed by atoms with E-state index in [1.54, 1.807) is 12.1 Å². The zero-order valence-corrected chi connectivity index (χ0v) is 14.2. The Balaban J connectivity index is 2.12. The van der Waals surface area contributed by atoms with Gasteiger partial charge in [-0.1, -0.05) is 13.8 Å². The van der Waals surface area contributed by atoms with E-state index in [-0.39, 0.29) is 29.2 Å². The van der Waals surface area contributed by atoms with Crippen LogP contribution < -0.4 is 5.32 Å². The minimum absolute atomic E-state index is 0.0412. The molecule has 0 saturated carbocycles. The summed E-state index contributed by atoms with van der Waals surface area (Å²) >= 11 is 2.09. The molecule has 0 saturated heterocycles. The van der Waals surface area contributed by atoms with Gasteiger partial charge in [-0.2, -0.15) is 5.10 Å². The van der Waals surface area contributed by atoms with Gasteiger partial charge in [-0.25, -0.2) is 4.98 Å². The first-order valence-corrected chi connectivity index (χ1v) is 7.68. The second-order valence-electron chi connectivity index (χ2n) is 5.09. The van der Waals surface area contributed by atoms with Crippen LogP contribution >= 0.6 is 22.6 Å². The van der Waals surface area contributed by atoms with Crippen LogP contribution in [0.4, 0.5) is 0 Å². The van der Waals surface area contributed by atoms with E-state index in [1.165, 1.54) is 6.07 Å². The molecule has 0 bridgehead atoms. The van der Waals surface area contributed by atoms with E-state index in [1.807, 2.05) is 20.8 Å². The number of rotatable bonds is 4. The summed E-state index contributed by atoms with van der Waals surface area (Å²) in [6.07, 6.45) is 0. The number of aromatic hydroxyl groups is 1. The molecule has 0 aliphatic rings. The largest absolute Gasteiger partial charge is 0.507 e. The summed E-state index contributed by atoms with van der Waals surface area (Å²) in [5, 5.41) is 19.5. The maximum absolute atomic E-state index is 12.2. The first kappa shape index (κ1) is 15.7. The molecule has 1 heterocycles. The van der Waals surface area contributed by atoms with Crippen molar-refractivity contribution in [1.82, 2.24) is 20.5 Å². The number of phenolic OH excluding ortho intramolecular Hbond substituents is 1.